The van der Waals surface area contributed by atoms with Crippen LogP contribution in [0.15, 0.2) is 18.6 Å². The molecule has 2 aromatic heterocycles. The summed E-state index contributed by atoms with van der Waals surface area (Å²) in [5.74, 6) is 2.26. The van der Waals surface area contributed by atoms with Crippen LogP contribution in [0.3, 0.4) is 0 Å². The monoisotopic (exact) mass is 289 g/mol. The van der Waals surface area contributed by atoms with Gasteiger partial charge in [-0.3, -0.25) is 0 Å². The molecule has 0 radical (unpaired) electrons. The van der Waals surface area contributed by atoms with Gasteiger partial charge < -0.3 is 19.7 Å². The predicted molar refractivity (Wildman–Crippen MR) is 83.8 cm³/mol. The molecule has 0 saturated carbocycles. The van der Waals surface area contributed by atoms with Gasteiger partial charge in [-0.05, 0) is 25.2 Å². The normalized spacial score (nSPS) is 16.6. The first-order valence-electron chi connectivity index (χ1n) is 7.75. The van der Waals surface area contributed by atoms with Crippen molar-refractivity contribution in [1.82, 2.24) is 14.4 Å². The van der Waals surface area contributed by atoms with Crippen LogP contribution in [-0.4, -0.2) is 45.7 Å². The lowest BCUT2D eigenvalue weighted by Gasteiger charge is -2.32. The van der Waals surface area contributed by atoms with Gasteiger partial charge in [0.1, 0.15) is 5.82 Å². The summed E-state index contributed by atoms with van der Waals surface area (Å²) in [6.07, 6.45) is 8.85. The molecule has 6 heteroatoms. The molecule has 3 heterocycles. The summed E-state index contributed by atoms with van der Waals surface area (Å²) in [6.45, 7) is 5.21. The summed E-state index contributed by atoms with van der Waals surface area (Å²) in [5, 5.41) is 12.6. The zero-order chi connectivity index (χ0) is 14.7. The molecule has 0 atom stereocenters. The molecule has 1 fully saturated rings. The fourth-order valence-corrected chi connectivity index (χ4v) is 2.79. The van der Waals surface area contributed by atoms with Crippen molar-refractivity contribution in [3.8, 4) is 0 Å². The molecule has 2 N–H and O–H groups in total. The Kier molecular flexibility index (Phi) is 4.24. The maximum Gasteiger partial charge on any atom is 0.180 e. The summed E-state index contributed by atoms with van der Waals surface area (Å²) in [4.78, 5) is 11.5. The number of rotatable bonds is 5. The number of piperidine rings is 1. The van der Waals surface area contributed by atoms with Crippen molar-refractivity contribution in [2.45, 2.75) is 26.2 Å². The van der Waals surface area contributed by atoms with E-state index < -0.39 is 0 Å². The molecule has 0 bridgehead atoms. The zero-order valence-corrected chi connectivity index (χ0v) is 12.5. The van der Waals surface area contributed by atoms with Crippen molar-refractivity contribution in [2.75, 3.05) is 36.5 Å². The molecule has 1 aliphatic heterocycles. The van der Waals surface area contributed by atoms with Gasteiger partial charge in [-0.15, -0.1) is 0 Å². The van der Waals surface area contributed by atoms with Crippen LogP contribution >= 0.6 is 0 Å². The number of hydrogen-bond acceptors (Lipinski definition) is 5. The Balaban J connectivity index is 1.87. The van der Waals surface area contributed by atoms with E-state index in [4.69, 9.17) is 4.98 Å². The van der Waals surface area contributed by atoms with Gasteiger partial charge in [-0.25, -0.2) is 9.97 Å². The zero-order valence-electron chi connectivity index (χ0n) is 12.5. The van der Waals surface area contributed by atoms with Crippen molar-refractivity contribution in [3.05, 3.63) is 18.6 Å². The molecule has 6 nitrogen and oxygen atoms in total. The van der Waals surface area contributed by atoms with Crippen LogP contribution in [0.1, 0.15) is 26.2 Å². The minimum Gasteiger partial charge on any atom is -0.396 e. The van der Waals surface area contributed by atoms with Gasteiger partial charge in [0, 0.05) is 38.6 Å². The highest BCUT2D eigenvalue weighted by molar-refractivity contribution is 5.67. The molecule has 1 aliphatic rings. The van der Waals surface area contributed by atoms with Crippen molar-refractivity contribution in [3.63, 3.8) is 0 Å². The van der Waals surface area contributed by atoms with Gasteiger partial charge in [0.15, 0.2) is 11.5 Å². The molecule has 0 aromatic carbocycles. The molecular weight excluding hydrogens is 266 g/mol. The smallest absolute Gasteiger partial charge is 0.180 e. The first-order chi connectivity index (χ1) is 10.3. The van der Waals surface area contributed by atoms with Gasteiger partial charge in [-0.1, -0.05) is 6.92 Å². The van der Waals surface area contributed by atoms with E-state index in [1.165, 1.54) is 0 Å². The molecule has 0 aliphatic carbocycles. The van der Waals surface area contributed by atoms with Crippen LogP contribution in [0.5, 0.6) is 0 Å². The lowest BCUT2D eigenvalue weighted by atomic mass is 9.98. The minimum absolute atomic E-state index is 0.290. The summed E-state index contributed by atoms with van der Waals surface area (Å²) in [5.41, 5.74) is 0.902. The molecule has 2 aromatic rings. The molecule has 114 valence electrons. The Labute approximate surface area is 124 Å². The van der Waals surface area contributed by atoms with Crippen LogP contribution < -0.4 is 10.2 Å². The number of fused-ring (bicyclic) bond motifs is 1. The number of nitrogens with zero attached hydrogens (tertiary/aromatic N) is 4. The van der Waals surface area contributed by atoms with E-state index in [0.29, 0.717) is 5.92 Å². The minimum atomic E-state index is 0.290. The largest absolute Gasteiger partial charge is 0.396 e. The van der Waals surface area contributed by atoms with E-state index in [1.54, 1.807) is 0 Å². The Bertz CT molecular complexity index is 589. The Morgan fingerprint density at radius 3 is 2.90 bits per heavy atom. The quantitative estimate of drug-likeness (QED) is 0.878. The van der Waals surface area contributed by atoms with Gasteiger partial charge >= 0.3 is 0 Å². The molecule has 0 unspecified atom stereocenters. The molecule has 1 saturated heterocycles. The van der Waals surface area contributed by atoms with Gasteiger partial charge in [0.25, 0.3) is 0 Å². The summed E-state index contributed by atoms with van der Waals surface area (Å²) >= 11 is 0. The highest BCUT2D eigenvalue weighted by Crippen LogP contribution is 2.26. The highest BCUT2D eigenvalue weighted by Gasteiger charge is 2.22. The molecular formula is C15H23N5O. The predicted octanol–water partition coefficient (Wildman–Crippen LogP) is 1.76. The van der Waals surface area contributed by atoms with E-state index in [0.717, 1.165) is 56.2 Å². The molecule has 0 spiro atoms. The van der Waals surface area contributed by atoms with Crippen LogP contribution in [0.2, 0.25) is 0 Å². The molecule has 0 amide bonds. The first-order valence-corrected chi connectivity index (χ1v) is 7.75. The third-order valence-corrected chi connectivity index (χ3v) is 4.08. The SMILES string of the molecule is CCCNc1cn2ccnc2c(N2CCC(CO)CC2)n1. The fraction of sp³-hybridized carbons (Fsp3) is 0.600. The third-order valence-electron chi connectivity index (χ3n) is 4.08. The number of imidazole rings is 1. The maximum atomic E-state index is 9.27. The molecule has 21 heavy (non-hydrogen) atoms. The van der Waals surface area contributed by atoms with Crippen LogP contribution in [0, 0.1) is 5.92 Å². The van der Waals surface area contributed by atoms with E-state index >= 15 is 0 Å². The second-order valence-electron chi connectivity index (χ2n) is 5.65. The Morgan fingerprint density at radius 1 is 1.38 bits per heavy atom. The van der Waals surface area contributed by atoms with E-state index in [-0.39, 0.29) is 6.61 Å². The Morgan fingerprint density at radius 2 is 2.19 bits per heavy atom. The number of aliphatic hydroxyl groups excluding tert-OH is 1. The van der Waals surface area contributed by atoms with E-state index in [9.17, 15) is 5.11 Å². The van der Waals surface area contributed by atoms with Crippen molar-refractivity contribution in [1.29, 1.82) is 0 Å². The molecule has 3 rings (SSSR count). The van der Waals surface area contributed by atoms with E-state index in [1.807, 2.05) is 23.0 Å². The summed E-state index contributed by atoms with van der Waals surface area (Å²) in [7, 11) is 0. The average molecular weight is 289 g/mol. The second-order valence-corrected chi connectivity index (χ2v) is 5.65. The van der Waals surface area contributed by atoms with Crippen LogP contribution in [0.4, 0.5) is 11.6 Å². The van der Waals surface area contributed by atoms with Crippen molar-refractivity contribution in [2.24, 2.45) is 5.92 Å². The maximum absolute atomic E-state index is 9.27. The summed E-state index contributed by atoms with van der Waals surface area (Å²) < 4.78 is 2.03. The van der Waals surface area contributed by atoms with Crippen LogP contribution in [-0.2, 0) is 0 Å². The standard InChI is InChI=1S/C15H23N5O/c1-2-5-16-13-10-20-9-6-17-14(20)15(18-13)19-7-3-12(11-21)4-8-19/h6,9-10,12,16,21H,2-5,7-8,11H2,1H3. The lowest BCUT2D eigenvalue weighted by molar-refractivity contribution is 0.203. The highest BCUT2D eigenvalue weighted by atomic mass is 16.3. The number of aliphatic hydroxyl groups is 1. The second kappa shape index (κ2) is 6.30. The van der Waals surface area contributed by atoms with E-state index in [2.05, 4.69) is 22.1 Å². The van der Waals surface area contributed by atoms with Crippen molar-refractivity contribution >= 4 is 17.3 Å². The van der Waals surface area contributed by atoms with Gasteiger partial charge in [0.05, 0.1) is 6.20 Å². The number of aromatic nitrogens is 3. The number of anilines is 2. The average Bonchev–Trinajstić information content (AvgIpc) is 3.00. The summed E-state index contributed by atoms with van der Waals surface area (Å²) in [6, 6.07) is 0. The Hall–Kier alpha value is -1.82. The lowest BCUT2D eigenvalue weighted by Crippen LogP contribution is -2.35. The number of nitrogens with one attached hydrogen (secondary N) is 1. The van der Waals surface area contributed by atoms with Crippen LogP contribution in [0.25, 0.3) is 5.65 Å². The third kappa shape index (κ3) is 2.95. The fourth-order valence-electron chi connectivity index (χ4n) is 2.79. The topological polar surface area (TPSA) is 65.7 Å². The number of hydrogen-bond donors (Lipinski definition) is 2. The van der Waals surface area contributed by atoms with Gasteiger partial charge in [-0.2, -0.15) is 0 Å². The van der Waals surface area contributed by atoms with Crippen molar-refractivity contribution < 1.29 is 5.11 Å². The van der Waals surface area contributed by atoms with Gasteiger partial charge in [0.2, 0.25) is 0 Å². The first kappa shape index (κ1) is 14.1.